The van der Waals surface area contributed by atoms with E-state index in [0.717, 1.165) is 19.6 Å². The van der Waals surface area contributed by atoms with E-state index in [-0.39, 0.29) is 11.3 Å². The Morgan fingerprint density at radius 1 is 1.12 bits per heavy atom. The van der Waals surface area contributed by atoms with Crippen LogP contribution in [-0.4, -0.2) is 73.1 Å². The van der Waals surface area contributed by atoms with Crippen LogP contribution < -0.4 is 4.74 Å². The summed E-state index contributed by atoms with van der Waals surface area (Å²) in [6.07, 6.45) is 0.632. The van der Waals surface area contributed by atoms with Gasteiger partial charge in [-0.2, -0.15) is 0 Å². The molecular formula is C25H27FN2O5. The van der Waals surface area contributed by atoms with Gasteiger partial charge in [-0.25, -0.2) is 4.39 Å². The number of halogens is 1. The van der Waals surface area contributed by atoms with E-state index in [1.165, 1.54) is 30.2 Å². The number of aliphatic hydroxyl groups excluding tert-OH is 1. The van der Waals surface area contributed by atoms with Crippen LogP contribution in [0.4, 0.5) is 4.39 Å². The highest BCUT2D eigenvalue weighted by molar-refractivity contribution is 6.46. The highest BCUT2D eigenvalue weighted by Crippen LogP contribution is 2.41. The Hall–Kier alpha value is -3.23. The number of methoxy groups -OCH3 is 1. The zero-order chi connectivity index (χ0) is 23.4. The summed E-state index contributed by atoms with van der Waals surface area (Å²) in [5.41, 5.74) is 0.659. The number of carbonyl (C=O) groups is 2. The van der Waals surface area contributed by atoms with Crippen molar-refractivity contribution in [1.29, 1.82) is 0 Å². The lowest BCUT2D eigenvalue weighted by Gasteiger charge is -2.29. The van der Waals surface area contributed by atoms with Crippen molar-refractivity contribution in [2.45, 2.75) is 12.5 Å². The normalized spacial score (nSPS) is 20.9. The fourth-order valence-electron chi connectivity index (χ4n) is 4.41. The van der Waals surface area contributed by atoms with Crippen LogP contribution in [0.2, 0.25) is 0 Å². The molecule has 7 nitrogen and oxygen atoms in total. The van der Waals surface area contributed by atoms with Crippen LogP contribution in [0, 0.1) is 5.82 Å². The van der Waals surface area contributed by atoms with Crippen LogP contribution >= 0.6 is 0 Å². The molecular weight excluding hydrogens is 427 g/mol. The number of rotatable bonds is 7. The summed E-state index contributed by atoms with van der Waals surface area (Å²) in [4.78, 5) is 29.8. The van der Waals surface area contributed by atoms with Crippen molar-refractivity contribution >= 4 is 17.4 Å². The molecule has 2 aromatic rings. The lowest BCUT2D eigenvalue weighted by molar-refractivity contribution is -0.140. The third kappa shape index (κ3) is 4.77. The maximum atomic E-state index is 14.1. The van der Waals surface area contributed by atoms with E-state index in [4.69, 9.17) is 9.47 Å². The van der Waals surface area contributed by atoms with Gasteiger partial charge >= 0.3 is 0 Å². The molecule has 0 bridgehead atoms. The Bertz CT molecular complexity index is 1060. The number of hydrogen-bond acceptors (Lipinski definition) is 6. The number of carbonyl (C=O) groups excluding carboxylic acids is 2. The first kappa shape index (κ1) is 22.9. The van der Waals surface area contributed by atoms with Gasteiger partial charge in [0.2, 0.25) is 0 Å². The van der Waals surface area contributed by atoms with Gasteiger partial charge in [-0.15, -0.1) is 0 Å². The second-order valence-electron chi connectivity index (χ2n) is 8.06. The van der Waals surface area contributed by atoms with Gasteiger partial charge in [0.1, 0.15) is 17.3 Å². The number of hydrogen-bond donors (Lipinski definition) is 1. The Morgan fingerprint density at radius 3 is 2.61 bits per heavy atom. The molecule has 2 aliphatic heterocycles. The number of morpholine rings is 1. The molecule has 2 fully saturated rings. The first-order valence-electron chi connectivity index (χ1n) is 11.0. The summed E-state index contributed by atoms with van der Waals surface area (Å²) in [5.74, 6) is -1.95. The van der Waals surface area contributed by atoms with Crippen molar-refractivity contribution in [3.05, 3.63) is 71.0 Å². The maximum Gasteiger partial charge on any atom is 0.295 e. The zero-order valence-electron chi connectivity index (χ0n) is 18.5. The molecule has 33 heavy (non-hydrogen) atoms. The summed E-state index contributed by atoms with van der Waals surface area (Å²) < 4.78 is 24.8. The molecule has 0 aliphatic carbocycles. The number of Topliss-reactive ketones (excluding diaryl/α,β-unsaturated/α-hetero) is 1. The van der Waals surface area contributed by atoms with E-state index in [0.29, 0.717) is 43.1 Å². The van der Waals surface area contributed by atoms with Gasteiger partial charge in [0.25, 0.3) is 11.7 Å². The molecule has 8 heteroatoms. The maximum absolute atomic E-state index is 14.1. The molecule has 174 valence electrons. The molecule has 2 heterocycles. The molecule has 4 rings (SSSR count). The molecule has 1 N–H and O–H groups in total. The molecule has 2 saturated heterocycles. The van der Waals surface area contributed by atoms with E-state index in [1.807, 2.05) is 0 Å². The second kappa shape index (κ2) is 10.1. The van der Waals surface area contributed by atoms with Crippen LogP contribution in [0.5, 0.6) is 5.75 Å². The Labute approximate surface area is 192 Å². The minimum atomic E-state index is -0.893. The monoisotopic (exact) mass is 454 g/mol. The van der Waals surface area contributed by atoms with E-state index < -0.39 is 23.5 Å². The summed E-state index contributed by atoms with van der Waals surface area (Å²) in [5, 5.41) is 11.2. The first-order chi connectivity index (χ1) is 16.0. The molecule has 1 atom stereocenters. The largest absolute Gasteiger partial charge is 0.507 e. The molecule has 2 aliphatic rings. The van der Waals surface area contributed by atoms with Crippen LogP contribution in [0.25, 0.3) is 5.76 Å². The van der Waals surface area contributed by atoms with Gasteiger partial charge in [-0.1, -0.05) is 24.3 Å². The van der Waals surface area contributed by atoms with Crippen molar-refractivity contribution in [3.8, 4) is 5.75 Å². The number of benzene rings is 2. The molecule has 2 aromatic carbocycles. The number of amides is 1. The van der Waals surface area contributed by atoms with Gasteiger partial charge in [0.05, 0.1) is 37.5 Å². The predicted octanol–water partition coefficient (Wildman–Crippen LogP) is 2.98. The third-order valence-electron chi connectivity index (χ3n) is 6.04. The summed E-state index contributed by atoms with van der Waals surface area (Å²) in [6, 6.07) is 11.6. The SMILES string of the molecule is COc1ccccc1/C(O)=C1\C(=O)C(=O)N(CCCN2CCOCC2)C1c1cccc(F)c1. The molecule has 0 radical (unpaired) electrons. The quantitative estimate of drug-likeness (QED) is 0.394. The minimum Gasteiger partial charge on any atom is -0.507 e. The first-order valence-corrected chi connectivity index (χ1v) is 11.0. The van der Waals surface area contributed by atoms with Crippen LogP contribution in [0.15, 0.2) is 54.1 Å². The molecule has 0 saturated carbocycles. The predicted molar refractivity (Wildman–Crippen MR) is 120 cm³/mol. The standard InChI is InChI=1S/C25H27FN2O5/c1-32-20-9-3-2-8-19(20)23(29)21-22(17-6-4-7-18(26)16-17)28(25(31)24(21)30)11-5-10-27-12-14-33-15-13-27/h2-4,6-9,16,22,29H,5,10-15H2,1H3/b23-21+. The molecule has 1 amide bonds. The number of aliphatic hydroxyl groups is 1. The fourth-order valence-corrected chi connectivity index (χ4v) is 4.41. The summed E-state index contributed by atoms with van der Waals surface area (Å²) in [7, 11) is 1.46. The highest BCUT2D eigenvalue weighted by atomic mass is 19.1. The third-order valence-corrected chi connectivity index (χ3v) is 6.04. The van der Waals surface area contributed by atoms with E-state index >= 15 is 0 Å². The lowest BCUT2D eigenvalue weighted by Crippen LogP contribution is -2.39. The van der Waals surface area contributed by atoms with Gasteiger partial charge in [0.15, 0.2) is 0 Å². The van der Waals surface area contributed by atoms with Crippen molar-refractivity contribution in [2.24, 2.45) is 0 Å². The van der Waals surface area contributed by atoms with Gasteiger partial charge in [-0.05, 0) is 36.2 Å². The minimum absolute atomic E-state index is 0.0681. The van der Waals surface area contributed by atoms with Crippen molar-refractivity contribution in [1.82, 2.24) is 9.80 Å². The smallest absolute Gasteiger partial charge is 0.295 e. The number of likely N-dealkylation sites (tertiary alicyclic amines) is 1. The van der Waals surface area contributed by atoms with Crippen LogP contribution in [0.1, 0.15) is 23.6 Å². The zero-order valence-corrected chi connectivity index (χ0v) is 18.5. The van der Waals surface area contributed by atoms with Gasteiger partial charge < -0.3 is 19.5 Å². The van der Waals surface area contributed by atoms with E-state index in [1.54, 1.807) is 30.3 Å². The summed E-state index contributed by atoms with van der Waals surface area (Å²) >= 11 is 0. The Kier molecular flexibility index (Phi) is 7.05. The van der Waals surface area contributed by atoms with Crippen molar-refractivity contribution < 1.29 is 28.6 Å². The van der Waals surface area contributed by atoms with Crippen LogP contribution in [-0.2, 0) is 14.3 Å². The highest BCUT2D eigenvalue weighted by Gasteiger charge is 2.46. The molecule has 0 aromatic heterocycles. The number of para-hydroxylation sites is 1. The lowest BCUT2D eigenvalue weighted by atomic mass is 9.95. The fraction of sp³-hybridized carbons (Fsp3) is 0.360. The average molecular weight is 454 g/mol. The van der Waals surface area contributed by atoms with Gasteiger partial charge in [0, 0.05) is 26.2 Å². The Balaban J connectivity index is 1.70. The number of ether oxygens (including phenoxy) is 2. The second-order valence-corrected chi connectivity index (χ2v) is 8.06. The Morgan fingerprint density at radius 2 is 1.88 bits per heavy atom. The summed E-state index contributed by atoms with van der Waals surface area (Å²) in [6.45, 7) is 4.03. The molecule has 1 unspecified atom stereocenters. The topological polar surface area (TPSA) is 79.3 Å². The van der Waals surface area contributed by atoms with Crippen molar-refractivity contribution in [3.63, 3.8) is 0 Å². The average Bonchev–Trinajstić information content (AvgIpc) is 3.09. The molecule has 0 spiro atoms. The van der Waals surface area contributed by atoms with E-state index in [2.05, 4.69) is 4.90 Å². The van der Waals surface area contributed by atoms with E-state index in [9.17, 15) is 19.1 Å². The number of ketones is 1. The number of nitrogens with zero attached hydrogens (tertiary/aromatic N) is 2. The van der Waals surface area contributed by atoms with Crippen molar-refractivity contribution in [2.75, 3.05) is 46.5 Å². The van der Waals surface area contributed by atoms with Crippen LogP contribution in [0.3, 0.4) is 0 Å². The van der Waals surface area contributed by atoms with Gasteiger partial charge in [-0.3, -0.25) is 14.5 Å².